The molecule has 14 heteroatoms. The summed E-state index contributed by atoms with van der Waals surface area (Å²) in [6.07, 6.45) is 13.0. The average molecular weight is 668 g/mol. The molecule has 3 atom stereocenters. The van der Waals surface area contributed by atoms with Crippen LogP contribution in [0.25, 0.3) is 11.1 Å². The van der Waals surface area contributed by atoms with Gasteiger partial charge in [0, 0.05) is 50.3 Å². The molecule has 4 aromatic rings. The van der Waals surface area contributed by atoms with E-state index in [2.05, 4.69) is 50.2 Å². The quantitative estimate of drug-likeness (QED) is 0.160. The normalized spacial score (nSPS) is 22.1. The van der Waals surface area contributed by atoms with Gasteiger partial charge >= 0.3 is 0 Å². The summed E-state index contributed by atoms with van der Waals surface area (Å²) in [7, 11) is 1.89. The van der Waals surface area contributed by atoms with E-state index in [1.54, 1.807) is 29.3 Å². The Bertz CT molecular complexity index is 1740. The summed E-state index contributed by atoms with van der Waals surface area (Å²) >= 11 is 0. The number of aromatic nitrogens is 6. The number of hydrogen-bond donors (Lipinski definition) is 2. The lowest BCUT2D eigenvalue weighted by molar-refractivity contribution is -0.0852. The van der Waals surface area contributed by atoms with Crippen LogP contribution in [0.5, 0.6) is 11.6 Å². The van der Waals surface area contributed by atoms with Crippen molar-refractivity contribution >= 4 is 18.0 Å². The van der Waals surface area contributed by atoms with Gasteiger partial charge in [-0.2, -0.15) is 10.4 Å². The SMILES string of the molecule is C[C@@H]1CN(C2CCC(n3cc(Nc4ncc(-c5ccc(C#N)c(O[C@@H](C)CN=CN)c5)cn4)c(OCc4ccnn4C)n3)CC2)C[C@H](C)O1. The molecule has 1 saturated carbocycles. The summed E-state index contributed by atoms with van der Waals surface area (Å²) in [6.45, 7) is 8.89. The predicted molar refractivity (Wildman–Crippen MR) is 186 cm³/mol. The Hall–Kier alpha value is -5.00. The fourth-order valence-corrected chi connectivity index (χ4v) is 6.66. The number of aryl methyl sites for hydroxylation is 1. The summed E-state index contributed by atoms with van der Waals surface area (Å²) < 4.78 is 22.0. The summed E-state index contributed by atoms with van der Waals surface area (Å²) in [5, 5.41) is 22.1. The van der Waals surface area contributed by atoms with Gasteiger partial charge in [0.2, 0.25) is 5.95 Å². The van der Waals surface area contributed by atoms with Crippen molar-refractivity contribution in [1.82, 2.24) is 34.4 Å². The molecule has 1 aliphatic heterocycles. The Labute approximate surface area is 286 Å². The number of nitrogens with two attached hydrogens (primary N) is 1. The first-order valence-corrected chi connectivity index (χ1v) is 16.9. The molecule has 0 bridgehead atoms. The first kappa shape index (κ1) is 33.9. The molecule has 4 heterocycles. The van der Waals surface area contributed by atoms with E-state index in [0.717, 1.165) is 55.6 Å². The minimum atomic E-state index is -0.257. The molecule has 1 saturated heterocycles. The zero-order valence-electron chi connectivity index (χ0n) is 28.6. The van der Waals surface area contributed by atoms with Crippen molar-refractivity contribution in [3.8, 4) is 28.8 Å². The van der Waals surface area contributed by atoms with Gasteiger partial charge in [0.25, 0.3) is 5.88 Å². The van der Waals surface area contributed by atoms with Gasteiger partial charge in [-0.05, 0) is 70.2 Å². The fraction of sp³-hybridized carbons (Fsp3) is 0.486. The van der Waals surface area contributed by atoms with Crippen LogP contribution in [-0.2, 0) is 18.4 Å². The predicted octanol–water partition coefficient (Wildman–Crippen LogP) is 4.62. The molecule has 3 aromatic heterocycles. The Kier molecular flexibility index (Phi) is 10.7. The highest BCUT2D eigenvalue weighted by molar-refractivity contribution is 5.67. The Morgan fingerprint density at radius 3 is 2.51 bits per heavy atom. The first-order valence-electron chi connectivity index (χ1n) is 16.9. The molecule has 3 N–H and O–H groups in total. The number of ether oxygens (including phenoxy) is 3. The Balaban J connectivity index is 1.17. The second-order valence-electron chi connectivity index (χ2n) is 12.9. The molecular weight excluding hydrogens is 622 g/mol. The molecule has 0 unspecified atom stereocenters. The van der Waals surface area contributed by atoms with E-state index in [4.69, 9.17) is 25.0 Å². The molecular formula is C35H45N11O3. The average Bonchev–Trinajstić information content (AvgIpc) is 3.71. The maximum atomic E-state index is 9.60. The molecule has 0 radical (unpaired) electrons. The van der Waals surface area contributed by atoms with Crippen LogP contribution in [0.15, 0.2) is 54.0 Å². The molecule has 49 heavy (non-hydrogen) atoms. The van der Waals surface area contributed by atoms with Crippen LogP contribution in [0.1, 0.15) is 63.8 Å². The lowest BCUT2D eigenvalue weighted by Gasteiger charge is -2.42. The van der Waals surface area contributed by atoms with Gasteiger partial charge in [-0.15, -0.1) is 5.10 Å². The summed E-state index contributed by atoms with van der Waals surface area (Å²) in [6, 6.07) is 10.3. The minimum Gasteiger partial charge on any atom is -0.487 e. The molecule has 14 nitrogen and oxygen atoms in total. The highest BCUT2D eigenvalue weighted by Crippen LogP contribution is 2.36. The van der Waals surface area contributed by atoms with E-state index in [-0.39, 0.29) is 24.4 Å². The van der Waals surface area contributed by atoms with Crippen molar-refractivity contribution in [3.05, 3.63) is 60.3 Å². The summed E-state index contributed by atoms with van der Waals surface area (Å²) in [5.74, 6) is 1.35. The van der Waals surface area contributed by atoms with Gasteiger partial charge in [-0.1, -0.05) is 6.07 Å². The van der Waals surface area contributed by atoms with Crippen LogP contribution >= 0.6 is 0 Å². The third kappa shape index (κ3) is 8.36. The van der Waals surface area contributed by atoms with Crippen LogP contribution in [0.3, 0.4) is 0 Å². The van der Waals surface area contributed by atoms with Gasteiger partial charge in [0.05, 0.1) is 48.6 Å². The highest BCUT2D eigenvalue weighted by atomic mass is 16.5. The Morgan fingerprint density at radius 1 is 1.10 bits per heavy atom. The molecule has 2 fully saturated rings. The number of aliphatic imine (C=N–C) groups is 1. The van der Waals surface area contributed by atoms with Crippen LogP contribution in [-0.4, -0.2) is 84.8 Å². The number of rotatable bonds is 12. The van der Waals surface area contributed by atoms with Gasteiger partial charge in [0.1, 0.15) is 30.2 Å². The number of nitrogens with zero attached hydrogens (tertiary/aromatic N) is 9. The van der Waals surface area contributed by atoms with Crippen LogP contribution in [0.2, 0.25) is 0 Å². The van der Waals surface area contributed by atoms with Crippen molar-refractivity contribution in [2.45, 2.75) is 83.5 Å². The highest BCUT2D eigenvalue weighted by Gasteiger charge is 2.32. The standard InChI is InChI=1S/C35H45N11O3/c1-23(15-38-22-37)49-33-13-26(5-6-27(33)14-36)28-16-39-35(40-17-28)42-32-20-46(43-34(32)47-21-31-11-12-41-44(31)4)30-9-7-29(8-10-30)45-18-24(2)48-25(3)19-45/h5-6,11-13,16-17,20,22-25,29-30H,7-10,15,18-19,21H2,1-4H3,(H2,37,38)(H,39,40,42)/t23-,24-,25+,29?,30?/m0/s1. The lowest BCUT2D eigenvalue weighted by Crippen LogP contribution is -2.51. The molecule has 1 aromatic carbocycles. The third-order valence-corrected chi connectivity index (χ3v) is 9.11. The number of nitriles is 1. The van der Waals surface area contributed by atoms with Crippen molar-refractivity contribution < 1.29 is 14.2 Å². The van der Waals surface area contributed by atoms with Gasteiger partial charge in [-0.3, -0.25) is 19.3 Å². The topological polar surface area (TPSA) is 167 Å². The van der Waals surface area contributed by atoms with E-state index < -0.39 is 0 Å². The van der Waals surface area contributed by atoms with Gasteiger partial charge in [0.15, 0.2) is 0 Å². The lowest BCUT2D eigenvalue weighted by atomic mass is 9.89. The van der Waals surface area contributed by atoms with Crippen molar-refractivity contribution in [3.63, 3.8) is 0 Å². The van der Waals surface area contributed by atoms with Crippen molar-refractivity contribution in [2.75, 3.05) is 25.0 Å². The Morgan fingerprint density at radius 2 is 1.84 bits per heavy atom. The van der Waals surface area contributed by atoms with Crippen LogP contribution < -0.4 is 20.5 Å². The van der Waals surface area contributed by atoms with Crippen LogP contribution in [0, 0.1) is 11.3 Å². The van der Waals surface area contributed by atoms with E-state index in [1.165, 1.54) is 6.34 Å². The van der Waals surface area contributed by atoms with E-state index in [1.807, 2.05) is 43.0 Å². The van der Waals surface area contributed by atoms with Crippen LogP contribution in [0.4, 0.5) is 11.6 Å². The number of nitrogens with one attached hydrogen (secondary N) is 1. The zero-order valence-corrected chi connectivity index (χ0v) is 28.6. The van der Waals surface area contributed by atoms with Gasteiger partial charge < -0.3 is 25.3 Å². The number of benzene rings is 1. The molecule has 258 valence electrons. The number of morpholine rings is 1. The van der Waals surface area contributed by atoms with Gasteiger partial charge in [-0.25, -0.2) is 9.97 Å². The summed E-state index contributed by atoms with van der Waals surface area (Å²) in [4.78, 5) is 15.8. The third-order valence-electron chi connectivity index (χ3n) is 9.11. The number of hydrogen-bond acceptors (Lipinski definition) is 11. The van der Waals surface area contributed by atoms with Crippen molar-refractivity contribution in [2.24, 2.45) is 17.8 Å². The van der Waals surface area contributed by atoms with E-state index >= 15 is 0 Å². The van der Waals surface area contributed by atoms with Crippen molar-refractivity contribution in [1.29, 1.82) is 5.26 Å². The first-order chi connectivity index (χ1) is 23.8. The van der Waals surface area contributed by atoms with E-state index in [9.17, 15) is 5.26 Å². The molecule has 2 aliphatic rings. The minimum absolute atomic E-state index is 0.257. The monoisotopic (exact) mass is 667 g/mol. The molecule has 6 rings (SSSR count). The molecule has 1 aliphatic carbocycles. The maximum absolute atomic E-state index is 9.60. The fourth-order valence-electron chi connectivity index (χ4n) is 6.66. The summed E-state index contributed by atoms with van der Waals surface area (Å²) in [5.41, 5.74) is 9.02. The molecule has 0 spiro atoms. The number of anilines is 2. The maximum Gasteiger partial charge on any atom is 0.257 e. The zero-order chi connectivity index (χ0) is 34.3. The molecule has 0 amide bonds. The second-order valence-corrected chi connectivity index (χ2v) is 12.9. The smallest absolute Gasteiger partial charge is 0.257 e. The largest absolute Gasteiger partial charge is 0.487 e. The second kappa shape index (κ2) is 15.5. The van der Waals surface area contributed by atoms with E-state index in [0.29, 0.717) is 48.0 Å².